The highest BCUT2D eigenvalue weighted by molar-refractivity contribution is 7.80. The zero-order chi connectivity index (χ0) is 22.9. The van der Waals surface area contributed by atoms with E-state index in [1.54, 1.807) is 0 Å². The molecule has 166 valence electrons. The molecular weight excluding hydrogens is 426 g/mol. The van der Waals surface area contributed by atoms with Gasteiger partial charge in [-0.3, -0.25) is 4.98 Å². The van der Waals surface area contributed by atoms with Crippen LogP contribution in [0.1, 0.15) is 29.0 Å². The molecule has 0 unspecified atom stereocenters. The molecule has 1 aliphatic rings. The van der Waals surface area contributed by atoms with Gasteiger partial charge in [-0.25, -0.2) is 0 Å². The Bertz CT molecular complexity index is 1260. The molecule has 3 heterocycles. The Kier molecular flexibility index (Phi) is 5.60. The van der Waals surface area contributed by atoms with Crippen LogP contribution in [0.25, 0.3) is 5.69 Å². The first-order valence-electron chi connectivity index (χ1n) is 11.1. The number of aryl methyl sites for hydroxylation is 1. The van der Waals surface area contributed by atoms with E-state index in [9.17, 15) is 0 Å². The van der Waals surface area contributed by atoms with Crippen molar-refractivity contribution >= 4 is 28.7 Å². The van der Waals surface area contributed by atoms with Crippen LogP contribution in [0.15, 0.2) is 91.3 Å². The van der Waals surface area contributed by atoms with Gasteiger partial charge in [-0.2, -0.15) is 0 Å². The van der Waals surface area contributed by atoms with E-state index >= 15 is 0 Å². The summed E-state index contributed by atoms with van der Waals surface area (Å²) in [6.07, 6.45) is 3.97. The molecule has 1 aliphatic heterocycles. The highest BCUT2D eigenvalue weighted by Gasteiger charge is 2.42. The average molecular weight is 454 g/mol. The molecule has 0 radical (unpaired) electrons. The normalized spacial score (nSPS) is 17.8. The Hall–Kier alpha value is -3.64. The van der Waals surface area contributed by atoms with Crippen LogP contribution in [-0.2, 0) is 0 Å². The minimum Gasteiger partial charge on any atom is -0.378 e. The molecule has 2 aromatic carbocycles. The summed E-state index contributed by atoms with van der Waals surface area (Å²) in [6.45, 7) is 2.14. The van der Waals surface area contributed by atoms with Gasteiger partial charge in [-0.15, -0.1) is 0 Å². The van der Waals surface area contributed by atoms with E-state index < -0.39 is 0 Å². The van der Waals surface area contributed by atoms with E-state index in [0.717, 1.165) is 28.5 Å². The predicted molar refractivity (Wildman–Crippen MR) is 139 cm³/mol. The number of nitrogens with one attached hydrogen (secondary N) is 1. The molecule has 1 N–H and O–H groups in total. The SMILES string of the molecule is Cc1ccccc1-n1cccc1[C@H]1[C@@H](c2ccccn2)NC(=S)N1c1ccc(N(C)C)cc1. The van der Waals surface area contributed by atoms with Crippen molar-refractivity contribution in [3.05, 3.63) is 108 Å². The lowest BCUT2D eigenvalue weighted by Gasteiger charge is -2.29. The Morgan fingerprint density at radius 2 is 1.67 bits per heavy atom. The van der Waals surface area contributed by atoms with Crippen molar-refractivity contribution < 1.29 is 0 Å². The molecule has 5 rings (SSSR count). The number of thiocarbonyl (C=S) groups is 1. The van der Waals surface area contributed by atoms with Gasteiger partial charge in [0.05, 0.1) is 11.7 Å². The monoisotopic (exact) mass is 453 g/mol. The van der Waals surface area contributed by atoms with Crippen LogP contribution in [0.5, 0.6) is 0 Å². The molecule has 2 atom stereocenters. The van der Waals surface area contributed by atoms with Gasteiger partial charge < -0.3 is 19.7 Å². The van der Waals surface area contributed by atoms with Crippen LogP contribution < -0.4 is 15.1 Å². The van der Waals surface area contributed by atoms with Crippen LogP contribution in [-0.4, -0.2) is 28.8 Å². The van der Waals surface area contributed by atoms with Gasteiger partial charge in [0.25, 0.3) is 0 Å². The second-order valence-electron chi connectivity index (χ2n) is 8.50. The van der Waals surface area contributed by atoms with E-state index in [1.165, 1.54) is 5.56 Å². The molecule has 2 aromatic heterocycles. The summed E-state index contributed by atoms with van der Waals surface area (Å²) < 4.78 is 2.27. The molecule has 33 heavy (non-hydrogen) atoms. The third-order valence-electron chi connectivity index (χ3n) is 6.20. The second kappa shape index (κ2) is 8.71. The largest absolute Gasteiger partial charge is 0.378 e. The van der Waals surface area contributed by atoms with E-state index in [0.29, 0.717) is 5.11 Å². The molecule has 0 saturated carbocycles. The quantitative estimate of drug-likeness (QED) is 0.408. The van der Waals surface area contributed by atoms with Gasteiger partial charge in [0, 0.05) is 49.2 Å². The van der Waals surface area contributed by atoms with Gasteiger partial charge in [0.1, 0.15) is 6.04 Å². The van der Waals surface area contributed by atoms with Gasteiger partial charge in [0.2, 0.25) is 0 Å². The summed E-state index contributed by atoms with van der Waals surface area (Å²) in [4.78, 5) is 9.00. The number of benzene rings is 2. The minimum atomic E-state index is -0.0788. The molecule has 1 fully saturated rings. The first-order chi connectivity index (χ1) is 16.0. The van der Waals surface area contributed by atoms with Crippen LogP contribution in [0.4, 0.5) is 11.4 Å². The summed E-state index contributed by atoms with van der Waals surface area (Å²) in [6, 6.07) is 27.2. The van der Waals surface area contributed by atoms with Gasteiger partial charge in [-0.05, 0) is 79.3 Å². The Balaban J connectivity index is 1.65. The topological polar surface area (TPSA) is 36.3 Å². The number of nitrogens with zero attached hydrogens (tertiary/aromatic N) is 4. The van der Waals surface area contributed by atoms with Crippen molar-refractivity contribution in [1.29, 1.82) is 0 Å². The second-order valence-corrected chi connectivity index (χ2v) is 8.88. The number of rotatable bonds is 5. The van der Waals surface area contributed by atoms with Crippen LogP contribution >= 0.6 is 12.2 Å². The molecule has 0 amide bonds. The van der Waals surface area contributed by atoms with Gasteiger partial charge in [-0.1, -0.05) is 24.3 Å². The standard InChI is InChI=1S/C27H27N5S/c1-19-9-4-5-11-23(19)31-18-8-12-24(31)26-25(22-10-6-7-17-28-22)29-27(33)32(26)21-15-13-20(14-16-21)30(2)3/h4-18,25-26H,1-3H3,(H,29,33)/t25-,26+/m1/s1. The predicted octanol–water partition coefficient (Wildman–Crippen LogP) is 5.42. The summed E-state index contributed by atoms with van der Waals surface area (Å²) >= 11 is 5.89. The molecule has 6 heteroatoms. The van der Waals surface area contributed by atoms with E-state index in [2.05, 4.69) is 105 Å². The number of pyridine rings is 1. The number of anilines is 2. The van der Waals surface area contributed by atoms with Crippen molar-refractivity contribution in [2.45, 2.75) is 19.0 Å². The highest BCUT2D eigenvalue weighted by Crippen LogP contribution is 2.42. The van der Waals surface area contributed by atoms with Gasteiger partial charge in [0.15, 0.2) is 5.11 Å². The third-order valence-corrected chi connectivity index (χ3v) is 6.52. The summed E-state index contributed by atoms with van der Waals surface area (Å²) in [5, 5.41) is 4.26. The number of aromatic nitrogens is 2. The van der Waals surface area contributed by atoms with Crippen LogP contribution in [0.3, 0.4) is 0 Å². The fourth-order valence-corrected chi connectivity index (χ4v) is 4.88. The Labute approximate surface area is 200 Å². The maximum Gasteiger partial charge on any atom is 0.174 e. The van der Waals surface area contributed by atoms with Crippen molar-refractivity contribution in [2.24, 2.45) is 0 Å². The molecule has 1 saturated heterocycles. The van der Waals surface area contributed by atoms with Gasteiger partial charge >= 0.3 is 0 Å². The molecule has 0 aliphatic carbocycles. The third kappa shape index (κ3) is 3.87. The highest BCUT2D eigenvalue weighted by atomic mass is 32.1. The number of hydrogen-bond acceptors (Lipinski definition) is 3. The smallest absolute Gasteiger partial charge is 0.174 e. The Morgan fingerprint density at radius 1 is 0.909 bits per heavy atom. The fourth-order valence-electron chi connectivity index (χ4n) is 4.53. The summed E-state index contributed by atoms with van der Waals surface area (Å²) in [5.41, 5.74) is 6.72. The first kappa shape index (κ1) is 21.2. The van der Waals surface area contributed by atoms with Crippen LogP contribution in [0, 0.1) is 6.92 Å². The lowest BCUT2D eigenvalue weighted by Crippen LogP contribution is -2.30. The lowest BCUT2D eigenvalue weighted by atomic mass is 10.0. The minimum absolute atomic E-state index is 0.0628. The van der Waals surface area contributed by atoms with E-state index in [1.807, 2.05) is 32.4 Å². The maximum absolute atomic E-state index is 5.89. The van der Waals surface area contributed by atoms with E-state index in [-0.39, 0.29) is 12.1 Å². The first-order valence-corrected chi connectivity index (χ1v) is 11.5. The molecule has 0 spiro atoms. The van der Waals surface area contributed by atoms with Crippen molar-refractivity contribution in [3.8, 4) is 5.69 Å². The molecule has 0 bridgehead atoms. The number of para-hydroxylation sites is 1. The summed E-state index contributed by atoms with van der Waals surface area (Å²) in [7, 11) is 4.10. The molecular formula is C27H27N5S. The average Bonchev–Trinajstić information content (AvgIpc) is 3.44. The Morgan fingerprint density at radius 3 is 2.36 bits per heavy atom. The number of hydrogen-bond donors (Lipinski definition) is 1. The van der Waals surface area contributed by atoms with Crippen molar-refractivity contribution in [2.75, 3.05) is 23.9 Å². The molecule has 5 nitrogen and oxygen atoms in total. The van der Waals surface area contributed by atoms with E-state index in [4.69, 9.17) is 12.2 Å². The van der Waals surface area contributed by atoms with Crippen molar-refractivity contribution in [3.63, 3.8) is 0 Å². The zero-order valence-electron chi connectivity index (χ0n) is 19.0. The summed E-state index contributed by atoms with van der Waals surface area (Å²) in [5.74, 6) is 0. The molecule has 4 aromatic rings. The van der Waals surface area contributed by atoms with Crippen molar-refractivity contribution in [1.82, 2.24) is 14.9 Å². The lowest BCUT2D eigenvalue weighted by molar-refractivity contribution is 0.549. The fraction of sp³-hybridized carbons (Fsp3) is 0.185. The van der Waals surface area contributed by atoms with Crippen LogP contribution in [0.2, 0.25) is 0 Å². The maximum atomic E-state index is 5.89. The zero-order valence-corrected chi connectivity index (χ0v) is 19.8.